The van der Waals surface area contributed by atoms with E-state index in [2.05, 4.69) is 36.2 Å². The van der Waals surface area contributed by atoms with Gasteiger partial charge in [0.05, 0.1) is 12.6 Å². The normalized spacial score (nSPS) is 10.9. The lowest BCUT2D eigenvalue weighted by atomic mass is 10.0. The molecule has 0 amide bonds. The third-order valence-electron chi connectivity index (χ3n) is 3.05. The van der Waals surface area contributed by atoms with E-state index in [1.54, 1.807) is 7.11 Å². The maximum absolute atomic E-state index is 5.22. The number of methoxy groups -OCH3 is 1. The zero-order chi connectivity index (χ0) is 11.8. The summed E-state index contributed by atoms with van der Waals surface area (Å²) in [7, 11) is 1.67. The first-order valence-electron chi connectivity index (χ1n) is 5.61. The molecule has 3 rings (SSSR count). The highest BCUT2D eigenvalue weighted by atomic mass is 16.5. The smallest absolute Gasteiger partial charge is 0.121 e. The number of ether oxygens (including phenoxy) is 1. The van der Waals surface area contributed by atoms with Crippen LogP contribution in [-0.2, 0) is 0 Å². The van der Waals surface area contributed by atoms with Gasteiger partial charge >= 0.3 is 0 Å². The van der Waals surface area contributed by atoms with Crippen LogP contribution in [0.15, 0.2) is 42.6 Å². The van der Waals surface area contributed by atoms with E-state index in [0.29, 0.717) is 0 Å². The molecule has 0 saturated heterocycles. The second-order valence-electron chi connectivity index (χ2n) is 4.23. The predicted octanol–water partition coefficient (Wildman–Crippen LogP) is 3.71. The molecular weight excluding hydrogens is 210 g/mol. The van der Waals surface area contributed by atoms with E-state index in [4.69, 9.17) is 4.74 Å². The molecule has 2 nitrogen and oxygen atoms in total. The van der Waals surface area contributed by atoms with Gasteiger partial charge in [-0.25, -0.2) is 0 Å². The fourth-order valence-corrected chi connectivity index (χ4v) is 2.13. The van der Waals surface area contributed by atoms with Crippen molar-refractivity contribution >= 4 is 21.7 Å². The van der Waals surface area contributed by atoms with Crippen molar-refractivity contribution in [3.05, 3.63) is 48.2 Å². The molecule has 1 heterocycles. The molecule has 0 saturated carbocycles. The number of pyridine rings is 1. The number of nitrogens with zero attached hydrogens (tertiary/aromatic N) is 1. The van der Waals surface area contributed by atoms with Crippen LogP contribution in [-0.4, -0.2) is 12.1 Å². The lowest BCUT2D eigenvalue weighted by Gasteiger charge is -2.06. The summed E-state index contributed by atoms with van der Waals surface area (Å²) >= 11 is 0. The maximum Gasteiger partial charge on any atom is 0.121 e. The Morgan fingerprint density at radius 1 is 1.00 bits per heavy atom. The van der Waals surface area contributed by atoms with Crippen molar-refractivity contribution in [2.24, 2.45) is 0 Å². The first-order chi connectivity index (χ1) is 8.28. The average molecular weight is 223 g/mol. The molecule has 1 aromatic heterocycles. The lowest BCUT2D eigenvalue weighted by Crippen LogP contribution is -1.86. The molecule has 0 fully saturated rings. The molecule has 0 spiro atoms. The van der Waals surface area contributed by atoms with E-state index >= 15 is 0 Å². The fraction of sp³-hybridized carbons (Fsp3) is 0.133. The molecule has 0 aliphatic carbocycles. The van der Waals surface area contributed by atoms with Crippen molar-refractivity contribution in [2.75, 3.05) is 7.11 Å². The monoisotopic (exact) mass is 223 g/mol. The van der Waals surface area contributed by atoms with E-state index < -0.39 is 0 Å². The van der Waals surface area contributed by atoms with Gasteiger partial charge in [0.2, 0.25) is 0 Å². The highest BCUT2D eigenvalue weighted by molar-refractivity contribution is 6.05. The summed E-state index contributed by atoms with van der Waals surface area (Å²) in [4.78, 5) is 4.47. The Hall–Kier alpha value is -2.09. The number of aryl methyl sites for hydroxylation is 1. The highest BCUT2D eigenvalue weighted by Crippen LogP contribution is 2.27. The van der Waals surface area contributed by atoms with Gasteiger partial charge < -0.3 is 4.74 Å². The number of benzene rings is 2. The van der Waals surface area contributed by atoms with Crippen LogP contribution < -0.4 is 4.74 Å². The molecule has 2 aromatic carbocycles. The molecule has 0 N–H and O–H groups in total. The van der Waals surface area contributed by atoms with Crippen molar-refractivity contribution in [3.63, 3.8) is 0 Å². The summed E-state index contributed by atoms with van der Waals surface area (Å²) < 4.78 is 5.22. The third kappa shape index (κ3) is 1.62. The second kappa shape index (κ2) is 3.74. The van der Waals surface area contributed by atoms with Gasteiger partial charge in [0.15, 0.2) is 0 Å². The Morgan fingerprint density at radius 3 is 2.71 bits per heavy atom. The minimum atomic E-state index is 0.844. The molecule has 3 aromatic rings. The van der Waals surface area contributed by atoms with Crippen LogP contribution in [0.4, 0.5) is 0 Å². The van der Waals surface area contributed by atoms with Gasteiger partial charge in [0.1, 0.15) is 5.75 Å². The molecular formula is C15H13NO. The third-order valence-corrected chi connectivity index (χ3v) is 3.05. The molecule has 84 valence electrons. The molecule has 0 unspecified atom stereocenters. The number of hydrogen-bond acceptors (Lipinski definition) is 2. The largest absolute Gasteiger partial charge is 0.497 e. The molecule has 17 heavy (non-hydrogen) atoms. The van der Waals surface area contributed by atoms with Crippen LogP contribution in [0.5, 0.6) is 5.75 Å². The van der Waals surface area contributed by atoms with E-state index in [9.17, 15) is 0 Å². The Balaban J connectivity index is 2.42. The SMILES string of the molecule is COc1ccc2c(c1)ncc1ccc(C)cc12. The first-order valence-corrected chi connectivity index (χ1v) is 5.61. The van der Waals surface area contributed by atoms with Gasteiger partial charge in [-0.1, -0.05) is 23.8 Å². The number of hydrogen-bond donors (Lipinski definition) is 0. The lowest BCUT2D eigenvalue weighted by molar-refractivity contribution is 0.415. The summed E-state index contributed by atoms with van der Waals surface area (Å²) in [6, 6.07) is 12.4. The molecule has 0 aliphatic rings. The topological polar surface area (TPSA) is 22.1 Å². The van der Waals surface area contributed by atoms with Crippen LogP contribution in [0, 0.1) is 6.92 Å². The van der Waals surface area contributed by atoms with Gasteiger partial charge in [-0.3, -0.25) is 4.98 Å². The van der Waals surface area contributed by atoms with E-state index in [1.807, 2.05) is 18.3 Å². The van der Waals surface area contributed by atoms with Gasteiger partial charge in [-0.05, 0) is 24.4 Å². The Bertz CT molecular complexity index is 704. The average Bonchev–Trinajstić information content (AvgIpc) is 2.37. The summed E-state index contributed by atoms with van der Waals surface area (Å²) in [5.41, 5.74) is 2.24. The number of rotatable bonds is 1. The van der Waals surface area contributed by atoms with Crippen molar-refractivity contribution < 1.29 is 4.74 Å². The number of aromatic nitrogens is 1. The first kappa shape index (κ1) is 10.1. The van der Waals surface area contributed by atoms with Crippen molar-refractivity contribution in [1.82, 2.24) is 4.98 Å². The van der Waals surface area contributed by atoms with Gasteiger partial charge in [0, 0.05) is 23.0 Å². The summed E-state index contributed by atoms with van der Waals surface area (Å²) in [6.07, 6.45) is 1.91. The molecule has 2 heteroatoms. The minimum Gasteiger partial charge on any atom is -0.497 e. The zero-order valence-corrected chi connectivity index (χ0v) is 9.90. The Morgan fingerprint density at radius 2 is 1.88 bits per heavy atom. The maximum atomic E-state index is 5.22. The Labute approximate surface area is 99.9 Å². The van der Waals surface area contributed by atoms with Crippen LogP contribution in [0.2, 0.25) is 0 Å². The molecule has 0 bridgehead atoms. The summed E-state index contributed by atoms with van der Waals surface area (Å²) in [5.74, 6) is 0.844. The molecule has 0 radical (unpaired) electrons. The van der Waals surface area contributed by atoms with Crippen LogP contribution >= 0.6 is 0 Å². The second-order valence-corrected chi connectivity index (χ2v) is 4.23. The standard InChI is InChI=1S/C15H13NO/c1-10-3-4-11-9-16-15-8-12(17-2)5-6-13(15)14(11)7-10/h3-9H,1-2H3. The quantitative estimate of drug-likeness (QED) is 0.587. The highest BCUT2D eigenvalue weighted by Gasteiger charge is 2.03. The van der Waals surface area contributed by atoms with Crippen LogP contribution in [0.1, 0.15) is 5.56 Å². The molecule has 0 aliphatic heterocycles. The van der Waals surface area contributed by atoms with E-state index in [1.165, 1.54) is 21.7 Å². The van der Waals surface area contributed by atoms with E-state index in [0.717, 1.165) is 11.3 Å². The summed E-state index contributed by atoms with van der Waals surface area (Å²) in [5, 5.41) is 3.60. The fourth-order valence-electron chi connectivity index (χ4n) is 2.13. The van der Waals surface area contributed by atoms with Gasteiger partial charge in [-0.15, -0.1) is 0 Å². The minimum absolute atomic E-state index is 0.844. The van der Waals surface area contributed by atoms with Crippen LogP contribution in [0.25, 0.3) is 21.7 Å². The Kier molecular flexibility index (Phi) is 2.22. The van der Waals surface area contributed by atoms with Crippen molar-refractivity contribution in [3.8, 4) is 5.75 Å². The van der Waals surface area contributed by atoms with Gasteiger partial charge in [-0.2, -0.15) is 0 Å². The summed E-state index contributed by atoms with van der Waals surface area (Å²) in [6.45, 7) is 2.11. The zero-order valence-electron chi connectivity index (χ0n) is 9.90. The predicted molar refractivity (Wildman–Crippen MR) is 70.5 cm³/mol. The van der Waals surface area contributed by atoms with Crippen LogP contribution in [0.3, 0.4) is 0 Å². The van der Waals surface area contributed by atoms with Gasteiger partial charge in [0.25, 0.3) is 0 Å². The number of fused-ring (bicyclic) bond motifs is 3. The van der Waals surface area contributed by atoms with Crippen molar-refractivity contribution in [2.45, 2.75) is 6.92 Å². The molecule has 0 atom stereocenters. The van der Waals surface area contributed by atoms with E-state index in [-0.39, 0.29) is 0 Å². The van der Waals surface area contributed by atoms with Crippen molar-refractivity contribution in [1.29, 1.82) is 0 Å².